The number of hydrogen-bond acceptors (Lipinski definition) is 3. The van der Waals surface area contributed by atoms with Gasteiger partial charge in [-0.1, -0.05) is 11.6 Å². The Hall–Kier alpha value is -0.770. The summed E-state index contributed by atoms with van der Waals surface area (Å²) in [5, 5.41) is 0.784. The third kappa shape index (κ3) is 1.59. The summed E-state index contributed by atoms with van der Waals surface area (Å²) < 4.78 is 0. The van der Waals surface area contributed by atoms with Crippen LogP contribution in [0.3, 0.4) is 0 Å². The van der Waals surface area contributed by atoms with Gasteiger partial charge >= 0.3 is 0 Å². The van der Waals surface area contributed by atoms with Crippen molar-refractivity contribution in [3.05, 3.63) is 28.8 Å². The minimum absolute atomic E-state index is 0.327. The van der Waals surface area contributed by atoms with Gasteiger partial charge in [-0.05, 0) is 30.2 Å². The zero-order valence-corrected chi connectivity index (χ0v) is 8.79. The fourth-order valence-electron chi connectivity index (χ4n) is 1.93. The number of nitrogens with zero attached hydrogens (tertiary/aromatic N) is 1. The van der Waals surface area contributed by atoms with Gasteiger partial charge in [0.25, 0.3) is 0 Å². The highest BCUT2D eigenvalue weighted by Gasteiger charge is 2.26. The molecule has 0 spiro atoms. The molecule has 14 heavy (non-hydrogen) atoms. The van der Waals surface area contributed by atoms with Crippen LogP contribution in [-0.2, 0) is 11.3 Å². The maximum Gasteiger partial charge on any atom is 0.0885 e. The number of hydrogen-bond donors (Lipinski definition) is 1. The molecule has 76 valence electrons. The van der Waals surface area contributed by atoms with Crippen molar-refractivity contribution in [3.63, 3.8) is 0 Å². The molecule has 1 aromatic rings. The molecule has 0 fully saturated rings. The Labute approximate surface area is 88.4 Å². The van der Waals surface area contributed by atoms with Crippen molar-refractivity contribution in [1.82, 2.24) is 0 Å². The second-order valence-electron chi connectivity index (χ2n) is 3.58. The van der Waals surface area contributed by atoms with Gasteiger partial charge in [-0.25, -0.2) is 5.90 Å². The number of rotatable bonds is 2. The van der Waals surface area contributed by atoms with Crippen molar-refractivity contribution in [2.45, 2.75) is 12.5 Å². The van der Waals surface area contributed by atoms with E-state index in [0.717, 1.165) is 11.4 Å². The lowest BCUT2D eigenvalue weighted by atomic mass is 10.1. The molecule has 0 saturated carbocycles. The highest BCUT2D eigenvalue weighted by molar-refractivity contribution is 6.30. The summed E-state index contributed by atoms with van der Waals surface area (Å²) in [6.07, 6.45) is 0.948. The molecule has 0 aliphatic carbocycles. The van der Waals surface area contributed by atoms with E-state index in [1.807, 2.05) is 25.2 Å². The van der Waals surface area contributed by atoms with Gasteiger partial charge in [0.05, 0.1) is 12.6 Å². The Balaban J connectivity index is 2.26. The van der Waals surface area contributed by atoms with Gasteiger partial charge in [0.2, 0.25) is 0 Å². The third-order valence-corrected chi connectivity index (χ3v) is 2.95. The van der Waals surface area contributed by atoms with Gasteiger partial charge in [0.15, 0.2) is 0 Å². The van der Waals surface area contributed by atoms with Crippen molar-refractivity contribution in [1.29, 1.82) is 0 Å². The first-order valence-corrected chi connectivity index (χ1v) is 4.93. The molecular formula is C10H13ClN2O. The zero-order valence-electron chi connectivity index (χ0n) is 8.03. The minimum Gasteiger partial charge on any atom is -0.369 e. The summed E-state index contributed by atoms with van der Waals surface area (Å²) in [5.41, 5.74) is 2.48. The maximum absolute atomic E-state index is 5.92. The first-order chi connectivity index (χ1) is 6.72. The highest BCUT2D eigenvalue weighted by atomic mass is 35.5. The van der Waals surface area contributed by atoms with Gasteiger partial charge in [-0.15, -0.1) is 0 Å². The summed E-state index contributed by atoms with van der Waals surface area (Å²) in [6, 6.07) is 6.27. The SMILES string of the molecule is CN1c2ccc(Cl)cc2CC1CON. The average molecular weight is 213 g/mol. The minimum atomic E-state index is 0.327. The quantitative estimate of drug-likeness (QED) is 0.757. The molecular weight excluding hydrogens is 200 g/mol. The largest absolute Gasteiger partial charge is 0.369 e. The van der Waals surface area contributed by atoms with E-state index >= 15 is 0 Å². The van der Waals surface area contributed by atoms with Crippen molar-refractivity contribution in [3.8, 4) is 0 Å². The van der Waals surface area contributed by atoms with E-state index in [-0.39, 0.29) is 0 Å². The van der Waals surface area contributed by atoms with Gasteiger partial charge < -0.3 is 9.74 Å². The molecule has 0 amide bonds. The van der Waals surface area contributed by atoms with Crippen molar-refractivity contribution < 1.29 is 4.84 Å². The molecule has 1 atom stereocenters. The molecule has 0 radical (unpaired) electrons. The van der Waals surface area contributed by atoms with Gasteiger partial charge in [0.1, 0.15) is 0 Å². The first-order valence-electron chi connectivity index (χ1n) is 4.55. The molecule has 1 aromatic carbocycles. The van der Waals surface area contributed by atoms with E-state index in [1.54, 1.807) is 0 Å². The average Bonchev–Trinajstić information content (AvgIpc) is 2.44. The Morgan fingerprint density at radius 1 is 1.64 bits per heavy atom. The van der Waals surface area contributed by atoms with E-state index in [2.05, 4.69) is 9.74 Å². The molecule has 0 saturated heterocycles. The van der Waals surface area contributed by atoms with Crippen LogP contribution in [0.2, 0.25) is 5.02 Å². The zero-order chi connectivity index (χ0) is 10.1. The smallest absolute Gasteiger partial charge is 0.0885 e. The Morgan fingerprint density at radius 2 is 2.43 bits per heavy atom. The van der Waals surface area contributed by atoms with E-state index in [0.29, 0.717) is 12.6 Å². The number of fused-ring (bicyclic) bond motifs is 1. The van der Waals surface area contributed by atoms with Gasteiger partial charge in [0, 0.05) is 17.8 Å². The normalized spacial score (nSPS) is 19.9. The van der Waals surface area contributed by atoms with Crippen LogP contribution < -0.4 is 10.8 Å². The fourth-order valence-corrected chi connectivity index (χ4v) is 2.13. The van der Waals surface area contributed by atoms with Gasteiger partial charge in [-0.3, -0.25) is 0 Å². The third-order valence-electron chi connectivity index (χ3n) is 2.71. The topological polar surface area (TPSA) is 38.5 Å². The molecule has 0 bridgehead atoms. The number of likely N-dealkylation sites (N-methyl/N-ethyl adjacent to an activating group) is 1. The van der Waals surface area contributed by atoms with E-state index in [4.69, 9.17) is 17.5 Å². The Kier molecular flexibility index (Phi) is 2.63. The summed E-state index contributed by atoms with van der Waals surface area (Å²) in [6.45, 7) is 0.544. The molecule has 2 N–H and O–H groups in total. The standard InChI is InChI=1S/C10H13ClN2O/c1-13-9(6-14-12)5-7-4-8(11)2-3-10(7)13/h2-4,9H,5-6,12H2,1H3. The second-order valence-corrected chi connectivity index (χ2v) is 4.01. The molecule has 1 heterocycles. The summed E-state index contributed by atoms with van der Waals surface area (Å²) in [5.74, 6) is 5.08. The molecule has 1 aliphatic heterocycles. The first kappa shape index (κ1) is 9.77. The number of halogens is 1. The van der Waals surface area contributed by atoms with Crippen LogP contribution in [0, 0.1) is 0 Å². The molecule has 2 rings (SSSR count). The second kappa shape index (κ2) is 3.77. The molecule has 3 nitrogen and oxygen atoms in total. The predicted molar refractivity (Wildman–Crippen MR) is 57.5 cm³/mol. The van der Waals surface area contributed by atoms with Crippen LogP contribution in [0.25, 0.3) is 0 Å². The fraction of sp³-hybridized carbons (Fsp3) is 0.400. The lowest BCUT2D eigenvalue weighted by Gasteiger charge is -2.21. The monoisotopic (exact) mass is 212 g/mol. The molecule has 4 heteroatoms. The van der Waals surface area contributed by atoms with E-state index in [1.165, 1.54) is 11.3 Å². The van der Waals surface area contributed by atoms with Crippen LogP contribution in [0.15, 0.2) is 18.2 Å². The van der Waals surface area contributed by atoms with Crippen molar-refractivity contribution in [2.75, 3.05) is 18.6 Å². The Morgan fingerprint density at radius 3 is 3.14 bits per heavy atom. The Bertz CT molecular complexity index is 343. The van der Waals surface area contributed by atoms with Crippen LogP contribution >= 0.6 is 11.6 Å². The van der Waals surface area contributed by atoms with Crippen molar-refractivity contribution in [2.24, 2.45) is 5.90 Å². The maximum atomic E-state index is 5.92. The van der Waals surface area contributed by atoms with Crippen LogP contribution in [-0.4, -0.2) is 19.7 Å². The molecule has 0 aromatic heterocycles. The van der Waals surface area contributed by atoms with Gasteiger partial charge in [-0.2, -0.15) is 0 Å². The molecule has 1 unspecified atom stereocenters. The van der Waals surface area contributed by atoms with Crippen molar-refractivity contribution >= 4 is 17.3 Å². The van der Waals surface area contributed by atoms with Crippen LogP contribution in [0.1, 0.15) is 5.56 Å². The number of benzene rings is 1. The predicted octanol–water partition coefficient (Wildman–Crippen LogP) is 1.59. The summed E-state index contributed by atoms with van der Waals surface area (Å²) >= 11 is 5.92. The van der Waals surface area contributed by atoms with E-state index in [9.17, 15) is 0 Å². The number of nitrogens with two attached hydrogens (primary N) is 1. The van der Waals surface area contributed by atoms with E-state index < -0.39 is 0 Å². The summed E-state index contributed by atoms with van der Waals surface area (Å²) in [4.78, 5) is 6.86. The van der Waals surface area contributed by atoms with Crippen LogP contribution in [0.5, 0.6) is 0 Å². The lowest BCUT2D eigenvalue weighted by Crippen LogP contribution is -2.33. The number of anilines is 1. The summed E-state index contributed by atoms with van der Waals surface area (Å²) in [7, 11) is 2.05. The lowest BCUT2D eigenvalue weighted by molar-refractivity contribution is 0.124. The highest BCUT2D eigenvalue weighted by Crippen LogP contribution is 2.32. The molecule has 1 aliphatic rings. The van der Waals surface area contributed by atoms with Crippen LogP contribution in [0.4, 0.5) is 5.69 Å².